The summed E-state index contributed by atoms with van der Waals surface area (Å²) in [6.07, 6.45) is 0. The molecule has 0 aliphatic rings. The number of halogens is 1. The van der Waals surface area contributed by atoms with Crippen LogP contribution in [0.25, 0.3) is 11.0 Å². The van der Waals surface area contributed by atoms with Gasteiger partial charge >= 0.3 is 0 Å². The molecule has 8 nitrogen and oxygen atoms in total. The molecule has 32 heavy (non-hydrogen) atoms. The molecule has 1 heterocycles. The first-order valence-corrected chi connectivity index (χ1v) is 11.4. The molecule has 0 saturated heterocycles. The fourth-order valence-electron chi connectivity index (χ4n) is 2.96. The Bertz CT molecular complexity index is 1410. The second-order valence-corrected chi connectivity index (χ2v) is 8.97. The first-order valence-electron chi connectivity index (χ1n) is 9.50. The quantitative estimate of drug-likeness (QED) is 0.376. The third-order valence-corrected chi connectivity index (χ3v) is 5.95. The number of fused-ring (bicyclic) bond motifs is 1. The van der Waals surface area contributed by atoms with Crippen molar-refractivity contribution in [1.29, 1.82) is 0 Å². The number of sulfonamides is 1. The lowest BCUT2D eigenvalue weighted by Crippen LogP contribution is -2.16. The van der Waals surface area contributed by atoms with Crippen molar-refractivity contribution < 1.29 is 13.2 Å². The van der Waals surface area contributed by atoms with E-state index in [4.69, 9.17) is 11.6 Å². The van der Waals surface area contributed by atoms with Crippen molar-refractivity contribution in [2.24, 2.45) is 0 Å². The number of nitrogens with zero attached hydrogens (tertiary/aromatic N) is 2. The molecule has 0 saturated carbocycles. The number of aromatic nitrogens is 2. The maximum absolute atomic E-state index is 12.9. The van der Waals surface area contributed by atoms with Gasteiger partial charge in [0, 0.05) is 23.3 Å². The zero-order chi connectivity index (χ0) is 22.7. The van der Waals surface area contributed by atoms with Crippen LogP contribution in [0.5, 0.6) is 0 Å². The van der Waals surface area contributed by atoms with Gasteiger partial charge in [-0.15, -0.1) is 0 Å². The monoisotopic (exact) mass is 467 g/mol. The van der Waals surface area contributed by atoms with Crippen molar-refractivity contribution in [2.75, 3.05) is 15.4 Å². The molecule has 3 N–H and O–H groups in total. The van der Waals surface area contributed by atoms with Gasteiger partial charge < -0.3 is 10.6 Å². The number of rotatable bonds is 6. The topological polar surface area (TPSA) is 113 Å². The minimum atomic E-state index is -3.96. The largest absolute Gasteiger partial charge is 0.337 e. The van der Waals surface area contributed by atoms with Gasteiger partial charge in [-0.1, -0.05) is 29.8 Å². The Morgan fingerprint density at radius 1 is 0.844 bits per heavy atom. The molecular weight excluding hydrogens is 450 g/mol. The van der Waals surface area contributed by atoms with Gasteiger partial charge in [0.2, 0.25) is 5.91 Å². The van der Waals surface area contributed by atoms with E-state index in [1.54, 1.807) is 54.6 Å². The molecule has 10 heteroatoms. The molecule has 0 aliphatic heterocycles. The number of nitrogens with one attached hydrogen (secondary N) is 3. The molecule has 3 aromatic carbocycles. The van der Waals surface area contributed by atoms with Gasteiger partial charge in [-0.05, 0) is 54.6 Å². The summed E-state index contributed by atoms with van der Waals surface area (Å²) in [5, 5.41) is 6.08. The van der Waals surface area contributed by atoms with Crippen LogP contribution in [0.3, 0.4) is 0 Å². The Morgan fingerprint density at radius 2 is 1.47 bits per heavy atom. The zero-order valence-corrected chi connectivity index (χ0v) is 18.4. The summed E-state index contributed by atoms with van der Waals surface area (Å²) in [5.74, 6) is 0.0833. The fraction of sp³-hybridized carbons (Fsp3) is 0.0455. The summed E-state index contributed by atoms with van der Waals surface area (Å²) >= 11 is 5.96. The molecule has 1 aromatic heterocycles. The second kappa shape index (κ2) is 8.81. The minimum absolute atomic E-state index is 0.00516. The number of benzene rings is 3. The Kier molecular flexibility index (Phi) is 5.93. The predicted octanol–water partition coefficient (Wildman–Crippen LogP) is 4.79. The third kappa shape index (κ3) is 4.96. The maximum atomic E-state index is 12.9. The van der Waals surface area contributed by atoms with Crippen LogP contribution in [0.15, 0.2) is 77.7 Å². The molecule has 0 spiro atoms. The molecule has 0 unspecified atom stereocenters. The highest BCUT2D eigenvalue weighted by Crippen LogP contribution is 2.28. The molecular formula is C22H18ClN5O3S. The summed E-state index contributed by atoms with van der Waals surface area (Å²) in [4.78, 5) is 20.2. The van der Waals surface area contributed by atoms with E-state index < -0.39 is 10.0 Å². The van der Waals surface area contributed by atoms with Crippen LogP contribution in [0.4, 0.5) is 23.0 Å². The van der Waals surface area contributed by atoms with Gasteiger partial charge in [0.25, 0.3) is 10.0 Å². The average molecular weight is 468 g/mol. The number of para-hydroxylation sites is 2. The van der Waals surface area contributed by atoms with Gasteiger partial charge in [-0.25, -0.2) is 18.4 Å². The highest BCUT2D eigenvalue weighted by molar-refractivity contribution is 7.92. The Balaban J connectivity index is 1.71. The Labute approximate surface area is 189 Å². The molecule has 0 radical (unpaired) electrons. The number of hydrogen-bond acceptors (Lipinski definition) is 6. The van der Waals surface area contributed by atoms with Crippen LogP contribution >= 0.6 is 11.6 Å². The van der Waals surface area contributed by atoms with E-state index in [0.717, 1.165) is 0 Å². The highest BCUT2D eigenvalue weighted by Gasteiger charge is 2.19. The van der Waals surface area contributed by atoms with E-state index in [2.05, 4.69) is 25.3 Å². The lowest BCUT2D eigenvalue weighted by atomic mass is 10.2. The molecule has 0 atom stereocenters. The minimum Gasteiger partial charge on any atom is -0.337 e. The van der Waals surface area contributed by atoms with Crippen molar-refractivity contribution >= 4 is 61.6 Å². The van der Waals surface area contributed by atoms with Gasteiger partial charge in [0.15, 0.2) is 11.6 Å². The van der Waals surface area contributed by atoms with Crippen LogP contribution in [0.1, 0.15) is 6.92 Å². The average Bonchev–Trinajstić information content (AvgIpc) is 2.75. The van der Waals surface area contributed by atoms with Crippen LogP contribution < -0.4 is 15.4 Å². The SMILES string of the molecule is CC(=O)Nc1ccc(Nc2nc3ccccc3nc2NS(=O)(=O)c2cccc(Cl)c2)cc1. The smallest absolute Gasteiger partial charge is 0.263 e. The van der Waals surface area contributed by atoms with E-state index in [1.165, 1.54) is 19.1 Å². The summed E-state index contributed by atoms with van der Waals surface area (Å²) in [6.45, 7) is 1.43. The predicted molar refractivity (Wildman–Crippen MR) is 126 cm³/mol. The molecule has 4 rings (SSSR count). The van der Waals surface area contributed by atoms with Crippen LogP contribution in [-0.2, 0) is 14.8 Å². The van der Waals surface area contributed by atoms with Crippen molar-refractivity contribution in [2.45, 2.75) is 11.8 Å². The number of carbonyl (C=O) groups excluding carboxylic acids is 1. The van der Waals surface area contributed by atoms with Crippen molar-refractivity contribution in [3.63, 3.8) is 0 Å². The first-order chi connectivity index (χ1) is 15.3. The van der Waals surface area contributed by atoms with Gasteiger partial charge in [-0.2, -0.15) is 0 Å². The summed E-state index contributed by atoms with van der Waals surface area (Å²) < 4.78 is 28.4. The van der Waals surface area contributed by atoms with E-state index in [1.807, 2.05) is 6.07 Å². The van der Waals surface area contributed by atoms with Crippen LogP contribution in [-0.4, -0.2) is 24.3 Å². The van der Waals surface area contributed by atoms with Gasteiger partial charge in [0.05, 0.1) is 15.9 Å². The number of anilines is 4. The van der Waals surface area contributed by atoms with E-state index in [0.29, 0.717) is 27.4 Å². The highest BCUT2D eigenvalue weighted by atomic mass is 35.5. The third-order valence-electron chi connectivity index (χ3n) is 4.38. The molecule has 1 amide bonds. The standard InChI is InChI=1S/C22H18ClN5O3S/c1-14(29)24-16-9-11-17(12-10-16)25-21-22(27-20-8-3-2-7-19(20)26-21)28-32(30,31)18-6-4-5-15(23)13-18/h2-13H,1H3,(H,24,29)(H,25,26)(H,27,28). The summed E-state index contributed by atoms with van der Waals surface area (Å²) in [5.41, 5.74) is 2.39. The fourth-order valence-corrected chi connectivity index (χ4v) is 4.27. The molecule has 4 aromatic rings. The second-order valence-electron chi connectivity index (χ2n) is 6.86. The number of amides is 1. The lowest BCUT2D eigenvalue weighted by Gasteiger charge is -2.14. The Morgan fingerprint density at radius 3 is 2.09 bits per heavy atom. The first kappa shape index (κ1) is 21.5. The number of carbonyl (C=O) groups is 1. The van der Waals surface area contributed by atoms with E-state index in [9.17, 15) is 13.2 Å². The normalized spacial score (nSPS) is 11.2. The van der Waals surface area contributed by atoms with Crippen LogP contribution in [0, 0.1) is 0 Å². The zero-order valence-electron chi connectivity index (χ0n) is 16.8. The molecule has 0 fully saturated rings. The van der Waals surface area contributed by atoms with Crippen molar-refractivity contribution in [3.05, 3.63) is 77.8 Å². The molecule has 0 aliphatic carbocycles. The van der Waals surface area contributed by atoms with E-state index in [-0.39, 0.29) is 22.4 Å². The maximum Gasteiger partial charge on any atom is 0.263 e. The number of hydrogen-bond donors (Lipinski definition) is 3. The molecule has 0 bridgehead atoms. The molecule has 162 valence electrons. The van der Waals surface area contributed by atoms with Crippen molar-refractivity contribution in [1.82, 2.24) is 9.97 Å². The lowest BCUT2D eigenvalue weighted by molar-refractivity contribution is -0.114. The van der Waals surface area contributed by atoms with Gasteiger partial charge in [0.1, 0.15) is 0 Å². The Hall–Kier alpha value is -3.69. The van der Waals surface area contributed by atoms with Gasteiger partial charge in [-0.3, -0.25) is 9.52 Å². The van der Waals surface area contributed by atoms with Crippen LogP contribution in [0.2, 0.25) is 5.02 Å². The van der Waals surface area contributed by atoms with Crippen molar-refractivity contribution in [3.8, 4) is 0 Å². The summed E-state index contributed by atoms with van der Waals surface area (Å²) in [7, 11) is -3.96. The van der Waals surface area contributed by atoms with E-state index >= 15 is 0 Å². The summed E-state index contributed by atoms with van der Waals surface area (Å²) in [6, 6.07) is 20.0.